The van der Waals surface area contributed by atoms with Crippen LogP contribution in [0.15, 0.2) is 23.1 Å². The zero-order valence-corrected chi connectivity index (χ0v) is 12.2. The number of sulfonamides is 1. The number of ether oxygens (including phenoxy) is 1. The highest BCUT2D eigenvalue weighted by molar-refractivity contribution is 7.89. The fraction of sp³-hybridized carbons (Fsp3) is 0.500. The standard InChI is InChI=1S/C12H17ClN2O3S/c1-18-11-8-9(13)2-3-12(11)19(16,17)15-6-4-10(14)5-7-15/h2-3,8,10H,4-7,14H2,1H3. The van der Waals surface area contributed by atoms with Gasteiger partial charge in [-0.3, -0.25) is 0 Å². The Morgan fingerprint density at radius 1 is 1.37 bits per heavy atom. The van der Waals surface area contributed by atoms with Crippen molar-refractivity contribution < 1.29 is 13.2 Å². The minimum atomic E-state index is -3.55. The molecule has 19 heavy (non-hydrogen) atoms. The molecule has 0 bridgehead atoms. The van der Waals surface area contributed by atoms with Crippen LogP contribution in [0.3, 0.4) is 0 Å². The predicted molar refractivity (Wildman–Crippen MR) is 74.0 cm³/mol. The molecule has 0 atom stereocenters. The highest BCUT2D eigenvalue weighted by Gasteiger charge is 2.30. The van der Waals surface area contributed by atoms with Gasteiger partial charge in [-0.25, -0.2) is 8.42 Å². The first-order chi connectivity index (χ1) is 8.95. The zero-order valence-electron chi connectivity index (χ0n) is 10.7. The number of rotatable bonds is 3. The zero-order chi connectivity index (χ0) is 14.0. The lowest BCUT2D eigenvalue weighted by atomic mass is 10.1. The molecule has 0 radical (unpaired) electrons. The van der Waals surface area contributed by atoms with E-state index < -0.39 is 10.0 Å². The Morgan fingerprint density at radius 2 is 2.00 bits per heavy atom. The van der Waals surface area contributed by atoms with Gasteiger partial charge in [0.1, 0.15) is 10.6 Å². The first-order valence-corrected chi connectivity index (χ1v) is 7.86. The Balaban J connectivity index is 2.34. The fourth-order valence-corrected chi connectivity index (χ4v) is 3.88. The van der Waals surface area contributed by atoms with Crippen LogP contribution in [0.2, 0.25) is 5.02 Å². The molecule has 0 aliphatic carbocycles. The summed E-state index contributed by atoms with van der Waals surface area (Å²) >= 11 is 5.85. The summed E-state index contributed by atoms with van der Waals surface area (Å²) in [6.45, 7) is 0.880. The molecule has 1 aliphatic rings. The molecule has 1 heterocycles. The molecule has 0 spiro atoms. The van der Waals surface area contributed by atoms with Crippen molar-refractivity contribution in [2.24, 2.45) is 5.73 Å². The molecule has 1 aromatic rings. The summed E-state index contributed by atoms with van der Waals surface area (Å²) in [5.41, 5.74) is 5.79. The van der Waals surface area contributed by atoms with Gasteiger partial charge >= 0.3 is 0 Å². The minimum Gasteiger partial charge on any atom is -0.495 e. The number of methoxy groups -OCH3 is 1. The van der Waals surface area contributed by atoms with Gasteiger partial charge in [0.15, 0.2) is 0 Å². The number of hydrogen-bond donors (Lipinski definition) is 1. The Labute approximate surface area is 118 Å². The molecule has 1 aromatic carbocycles. The molecule has 2 N–H and O–H groups in total. The van der Waals surface area contributed by atoms with E-state index >= 15 is 0 Å². The van der Waals surface area contributed by atoms with E-state index in [9.17, 15) is 8.42 Å². The van der Waals surface area contributed by atoms with E-state index in [0.717, 1.165) is 0 Å². The van der Waals surface area contributed by atoms with Crippen LogP contribution in [-0.4, -0.2) is 39.0 Å². The molecule has 1 saturated heterocycles. The lowest BCUT2D eigenvalue weighted by Gasteiger charge is -2.29. The third-order valence-corrected chi connectivity index (χ3v) is 5.42. The number of nitrogens with two attached hydrogens (primary N) is 1. The second-order valence-corrected chi connectivity index (χ2v) is 6.88. The lowest BCUT2D eigenvalue weighted by molar-refractivity contribution is 0.318. The topological polar surface area (TPSA) is 72.6 Å². The lowest BCUT2D eigenvalue weighted by Crippen LogP contribution is -2.42. The van der Waals surface area contributed by atoms with Crippen LogP contribution in [0.4, 0.5) is 0 Å². The second-order valence-electron chi connectivity index (χ2n) is 4.54. The number of benzene rings is 1. The maximum absolute atomic E-state index is 12.5. The van der Waals surface area contributed by atoms with Gasteiger partial charge in [-0.15, -0.1) is 0 Å². The van der Waals surface area contributed by atoms with Crippen molar-refractivity contribution in [2.45, 2.75) is 23.8 Å². The van der Waals surface area contributed by atoms with Crippen LogP contribution in [0, 0.1) is 0 Å². The maximum Gasteiger partial charge on any atom is 0.246 e. The normalized spacial score (nSPS) is 18.5. The Bertz CT molecular complexity index is 554. The van der Waals surface area contributed by atoms with Gasteiger partial charge in [-0.1, -0.05) is 11.6 Å². The van der Waals surface area contributed by atoms with Crippen molar-refractivity contribution in [3.05, 3.63) is 23.2 Å². The van der Waals surface area contributed by atoms with E-state index in [4.69, 9.17) is 22.1 Å². The molecule has 0 saturated carbocycles. The molecular formula is C12H17ClN2O3S. The average Bonchev–Trinajstić information content (AvgIpc) is 2.38. The highest BCUT2D eigenvalue weighted by Crippen LogP contribution is 2.30. The predicted octanol–water partition coefficient (Wildman–Crippen LogP) is 1.46. The number of nitrogens with zero attached hydrogens (tertiary/aromatic N) is 1. The molecule has 1 aliphatic heterocycles. The smallest absolute Gasteiger partial charge is 0.246 e. The van der Waals surface area contributed by atoms with Crippen LogP contribution in [0.1, 0.15) is 12.8 Å². The van der Waals surface area contributed by atoms with Crippen LogP contribution < -0.4 is 10.5 Å². The number of hydrogen-bond acceptors (Lipinski definition) is 4. The van der Waals surface area contributed by atoms with Crippen LogP contribution >= 0.6 is 11.6 Å². The SMILES string of the molecule is COc1cc(Cl)ccc1S(=O)(=O)N1CCC(N)CC1. The van der Waals surface area contributed by atoms with Gasteiger partial charge in [0.25, 0.3) is 0 Å². The average molecular weight is 305 g/mol. The summed E-state index contributed by atoms with van der Waals surface area (Å²) in [5.74, 6) is 0.266. The van der Waals surface area contributed by atoms with Crippen LogP contribution in [-0.2, 0) is 10.0 Å². The minimum absolute atomic E-state index is 0.0820. The van der Waals surface area contributed by atoms with Gasteiger partial charge < -0.3 is 10.5 Å². The van der Waals surface area contributed by atoms with Gasteiger partial charge in [0, 0.05) is 30.2 Å². The van der Waals surface area contributed by atoms with E-state index in [1.54, 1.807) is 6.07 Å². The van der Waals surface area contributed by atoms with E-state index in [-0.39, 0.29) is 16.7 Å². The summed E-state index contributed by atoms with van der Waals surface area (Å²) in [5, 5.41) is 0.441. The van der Waals surface area contributed by atoms with Gasteiger partial charge in [0.2, 0.25) is 10.0 Å². The summed E-state index contributed by atoms with van der Waals surface area (Å²) in [6.07, 6.45) is 1.35. The summed E-state index contributed by atoms with van der Waals surface area (Å²) in [4.78, 5) is 0.148. The van der Waals surface area contributed by atoms with Gasteiger partial charge in [-0.2, -0.15) is 4.31 Å². The van der Waals surface area contributed by atoms with Gasteiger partial charge in [-0.05, 0) is 25.0 Å². The molecule has 106 valence electrons. The molecule has 0 aromatic heterocycles. The Kier molecular flexibility index (Phi) is 4.35. The van der Waals surface area contributed by atoms with Crippen LogP contribution in [0.5, 0.6) is 5.75 Å². The van der Waals surface area contributed by atoms with Crippen molar-refractivity contribution >= 4 is 21.6 Å². The second kappa shape index (κ2) is 5.66. The molecular weight excluding hydrogens is 288 g/mol. The van der Waals surface area contributed by atoms with E-state index in [2.05, 4.69) is 0 Å². The fourth-order valence-electron chi connectivity index (χ4n) is 2.11. The molecule has 0 amide bonds. The third-order valence-electron chi connectivity index (χ3n) is 3.24. The first kappa shape index (κ1) is 14.6. The van der Waals surface area contributed by atoms with Crippen molar-refractivity contribution in [1.29, 1.82) is 0 Å². The Hall–Kier alpha value is -0.820. The largest absolute Gasteiger partial charge is 0.495 e. The van der Waals surface area contributed by atoms with Crippen molar-refractivity contribution in [1.82, 2.24) is 4.31 Å². The molecule has 7 heteroatoms. The maximum atomic E-state index is 12.5. The number of piperidine rings is 1. The summed E-state index contributed by atoms with van der Waals surface area (Å²) < 4.78 is 31.6. The van der Waals surface area contributed by atoms with E-state index in [0.29, 0.717) is 31.0 Å². The molecule has 2 rings (SSSR count). The highest BCUT2D eigenvalue weighted by atomic mass is 35.5. The molecule has 1 fully saturated rings. The quantitative estimate of drug-likeness (QED) is 0.917. The van der Waals surface area contributed by atoms with Crippen LogP contribution in [0.25, 0.3) is 0 Å². The first-order valence-electron chi connectivity index (χ1n) is 6.04. The van der Waals surface area contributed by atoms with E-state index in [1.807, 2.05) is 0 Å². The molecule has 0 unspecified atom stereocenters. The van der Waals surface area contributed by atoms with Crippen molar-refractivity contribution in [3.8, 4) is 5.75 Å². The monoisotopic (exact) mass is 304 g/mol. The van der Waals surface area contributed by atoms with E-state index in [1.165, 1.54) is 23.5 Å². The Morgan fingerprint density at radius 3 is 2.58 bits per heavy atom. The third kappa shape index (κ3) is 3.02. The van der Waals surface area contributed by atoms with Crippen molar-refractivity contribution in [3.63, 3.8) is 0 Å². The summed E-state index contributed by atoms with van der Waals surface area (Å²) in [7, 11) is -2.12. The molecule has 5 nitrogen and oxygen atoms in total. The summed E-state index contributed by atoms with van der Waals surface area (Å²) in [6, 6.07) is 4.61. The van der Waals surface area contributed by atoms with Gasteiger partial charge in [0.05, 0.1) is 7.11 Å². The van der Waals surface area contributed by atoms with Crippen molar-refractivity contribution in [2.75, 3.05) is 20.2 Å². The number of halogens is 1.